The molecule has 0 bridgehead atoms. The normalized spacial score (nSPS) is 12.5. The highest BCUT2D eigenvalue weighted by atomic mass is 32.1. The van der Waals surface area contributed by atoms with E-state index in [0.29, 0.717) is 6.42 Å². The Labute approximate surface area is 206 Å². The van der Waals surface area contributed by atoms with Gasteiger partial charge in [0.25, 0.3) is 0 Å². The van der Waals surface area contributed by atoms with Crippen LogP contribution < -0.4 is 21.3 Å². The lowest BCUT2D eigenvalue weighted by Gasteiger charge is -2.21. The molecule has 1 heterocycles. The van der Waals surface area contributed by atoms with Crippen LogP contribution in [0.2, 0.25) is 0 Å². The van der Waals surface area contributed by atoms with E-state index >= 15 is 0 Å². The van der Waals surface area contributed by atoms with E-state index in [1.807, 2.05) is 67.6 Å². The minimum atomic E-state index is -0.533. The number of nitrogens with two attached hydrogens (primary N) is 1. The average molecular weight is 475 g/mol. The molecule has 7 heteroatoms. The summed E-state index contributed by atoms with van der Waals surface area (Å²) in [5.74, 6) is 0.0000401. The highest BCUT2D eigenvalue weighted by Crippen LogP contribution is 2.28. The minimum absolute atomic E-state index is 0.0000401. The number of anilines is 3. The van der Waals surface area contributed by atoms with E-state index in [1.54, 1.807) is 12.1 Å². The maximum Gasteiger partial charge on any atom is 0.316 e. The third-order valence-electron chi connectivity index (χ3n) is 5.37. The third kappa shape index (κ3) is 7.42. The van der Waals surface area contributed by atoms with Crippen molar-refractivity contribution in [2.45, 2.75) is 33.1 Å². The summed E-state index contributed by atoms with van der Waals surface area (Å²) >= 11 is 5.41. The Bertz CT molecular complexity index is 1150. The van der Waals surface area contributed by atoms with E-state index in [0.717, 1.165) is 58.1 Å². The predicted molar refractivity (Wildman–Crippen MR) is 144 cm³/mol. The molecule has 0 radical (unpaired) electrons. The van der Waals surface area contributed by atoms with Gasteiger partial charge in [-0.2, -0.15) is 0 Å². The smallest absolute Gasteiger partial charge is 0.316 e. The summed E-state index contributed by atoms with van der Waals surface area (Å²) in [6.07, 6.45) is 2.50. The lowest BCUT2D eigenvalue weighted by molar-refractivity contribution is -0.115. The largest absolute Gasteiger partial charge is 0.351 e. The van der Waals surface area contributed by atoms with Gasteiger partial charge in [-0.3, -0.25) is 4.79 Å². The molecule has 0 unspecified atom stereocenters. The van der Waals surface area contributed by atoms with Crippen LogP contribution >= 0.6 is 12.2 Å². The van der Waals surface area contributed by atoms with Crippen molar-refractivity contribution < 1.29 is 9.59 Å². The molecule has 0 aromatic heterocycles. The van der Waals surface area contributed by atoms with Crippen LogP contribution in [0.5, 0.6) is 0 Å². The van der Waals surface area contributed by atoms with Gasteiger partial charge in [0.2, 0.25) is 5.91 Å². The van der Waals surface area contributed by atoms with Gasteiger partial charge in [0.1, 0.15) is 0 Å². The van der Waals surface area contributed by atoms with Gasteiger partial charge >= 0.3 is 6.03 Å². The minimum Gasteiger partial charge on any atom is -0.351 e. The number of hydrogen-bond acceptors (Lipinski definition) is 3. The average Bonchev–Trinajstić information content (AvgIpc) is 3.22. The molecule has 0 atom stereocenters. The number of rotatable bonds is 5. The first-order valence-electron chi connectivity index (χ1n) is 11.2. The lowest BCUT2D eigenvalue weighted by atomic mass is 10.1. The Morgan fingerprint density at radius 2 is 1.62 bits per heavy atom. The zero-order valence-corrected chi connectivity index (χ0v) is 20.3. The highest BCUT2D eigenvalue weighted by molar-refractivity contribution is 7.80. The molecule has 0 aliphatic carbocycles. The number of carbonyl (C=O) groups is 2. The summed E-state index contributed by atoms with van der Waals surface area (Å²) in [6, 6.07) is 22.7. The lowest BCUT2D eigenvalue weighted by Crippen LogP contribution is -2.23. The molecule has 0 spiro atoms. The van der Waals surface area contributed by atoms with E-state index in [4.69, 9.17) is 18.0 Å². The molecule has 1 fully saturated rings. The van der Waals surface area contributed by atoms with E-state index in [1.165, 1.54) is 0 Å². The van der Waals surface area contributed by atoms with Gasteiger partial charge in [0.05, 0.1) is 11.4 Å². The van der Waals surface area contributed by atoms with Crippen molar-refractivity contribution in [3.63, 3.8) is 0 Å². The maximum absolute atomic E-state index is 12.1. The zero-order valence-electron chi connectivity index (χ0n) is 19.5. The molecule has 4 rings (SSSR count). The molecule has 4 N–H and O–H groups in total. The monoisotopic (exact) mass is 474 g/mol. The van der Waals surface area contributed by atoms with Crippen LogP contribution in [0.4, 0.5) is 21.9 Å². The van der Waals surface area contributed by atoms with Crippen molar-refractivity contribution in [3.8, 4) is 0 Å². The number of urea groups is 1. The SMILES string of the molecule is Cc1cc(NC(=O)Cc2ccccc2)ccc1N1CCCC1=S.Cc1ccc(NC(N)=O)cc1. The molecule has 1 aliphatic heterocycles. The van der Waals surface area contributed by atoms with Gasteiger partial charge in [0.15, 0.2) is 0 Å². The topological polar surface area (TPSA) is 87.5 Å². The molecule has 34 heavy (non-hydrogen) atoms. The molecular formula is C27H30N4O2S. The quantitative estimate of drug-likeness (QED) is 0.421. The maximum atomic E-state index is 12.1. The van der Waals surface area contributed by atoms with Crippen LogP contribution in [0.25, 0.3) is 0 Å². The van der Waals surface area contributed by atoms with Gasteiger partial charge in [-0.05, 0) is 68.1 Å². The standard InChI is InChI=1S/C19H20N2OS.C8H10N2O/c1-14-12-16(9-10-17(14)21-11-5-8-19(21)23)20-18(22)13-15-6-3-2-4-7-15;1-6-2-4-7(5-3-6)10-8(9)11/h2-4,6-7,9-10,12H,5,8,11,13H2,1H3,(H,20,22);2-5H,1H3,(H3,9,10,11). The van der Waals surface area contributed by atoms with Gasteiger partial charge in [0, 0.05) is 23.6 Å². The van der Waals surface area contributed by atoms with Crippen LogP contribution in [-0.2, 0) is 11.2 Å². The summed E-state index contributed by atoms with van der Waals surface area (Å²) < 4.78 is 0. The molecule has 3 aromatic rings. The molecular weight excluding hydrogens is 444 g/mol. The first-order valence-corrected chi connectivity index (χ1v) is 11.6. The number of hydrogen-bond donors (Lipinski definition) is 3. The summed E-state index contributed by atoms with van der Waals surface area (Å²) in [7, 11) is 0. The van der Waals surface area contributed by atoms with Crippen molar-refractivity contribution in [1.29, 1.82) is 0 Å². The van der Waals surface area contributed by atoms with Gasteiger partial charge in [-0.1, -0.05) is 60.2 Å². The second-order valence-electron chi connectivity index (χ2n) is 8.22. The third-order valence-corrected chi connectivity index (χ3v) is 5.80. The van der Waals surface area contributed by atoms with Crippen molar-refractivity contribution >= 4 is 46.2 Å². The van der Waals surface area contributed by atoms with Crippen LogP contribution in [-0.4, -0.2) is 23.5 Å². The molecule has 1 saturated heterocycles. The summed E-state index contributed by atoms with van der Waals surface area (Å²) in [5, 5.41) is 5.44. The van der Waals surface area contributed by atoms with E-state index in [9.17, 15) is 9.59 Å². The van der Waals surface area contributed by atoms with Gasteiger partial charge in [-0.15, -0.1) is 0 Å². The van der Waals surface area contributed by atoms with Crippen LogP contribution in [0, 0.1) is 13.8 Å². The van der Waals surface area contributed by atoms with Crippen molar-refractivity contribution in [1.82, 2.24) is 0 Å². The fourth-order valence-electron chi connectivity index (χ4n) is 3.70. The van der Waals surface area contributed by atoms with Crippen LogP contribution in [0.1, 0.15) is 29.5 Å². The Hall–Kier alpha value is -3.71. The summed E-state index contributed by atoms with van der Waals surface area (Å²) in [4.78, 5) is 25.7. The zero-order chi connectivity index (χ0) is 24.5. The second kappa shape index (κ2) is 12.0. The van der Waals surface area contributed by atoms with Gasteiger partial charge < -0.3 is 21.3 Å². The van der Waals surface area contributed by atoms with E-state index < -0.39 is 6.03 Å². The number of aryl methyl sites for hydroxylation is 2. The van der Waals surface area contributed by atoms with Crippen LogP contribution in [0.15, 0.2) is 72.8 Å². The number of carbonyl (C=O) groups excluding carboxylic acids is 2. The number of primary amides is 1. The fourth-order valence-corrected chi connectivity index (χ4v) is 4.04. The summed E-state index contributed by atoms with van der Waals surface area (Å²) in [6.45, 7) is 5.02. The molecule has 6 nitrogen and oxygen atoms in total. The highest BCUT2D eigenvalue weighted by Gasteiger charge is 2.19. The fraction of sp³-hybridized carbons (Fsp3) is 0.222. The Balaban J connectivity index is 0.000000248. The molecule has 176 valence electrons. The number of thiocarbonyl (C=S) groups is 1. The first kappa shape index (κ1) is 24.9. The summed E-state index contributed by atoms with van der Waals surface area (Å²) in [5.41, 5.74) is 10.9. The molecule has 1 aliphatic rings. The molecule has 3 aromatic carbocycles. The first-order chi connectivity index (χ1) is 16.3. The molecule has 0 saturated carbocycles. The number of nitrogens with zero attached hydrogens (tertiary/aromatic N) is 1. The van der Waals surface area contributed by atoms with Crippen molar-refractivity contribution in [2.24, 2.45) is 5.73 Å². The molecule has 3 amide bonds. The number of amides is 3. The predicted octanol–water partition coefficient (Wildman–Crippen LogP) is 5.59. The van der Waals surface area contributed by atoms with E-state index in [2.05, 4.69) is 22.5 Å². The number of nitrogens with one attached hydrogen (secondary N) is 2. The van der Waals surface area contributed by atoms with Gasteiger partial charge in [-0.25, -0.2) is 4.79 Å². The second-order valence-corrected chi connectivity index (χ2v) is 8.69. The van der Waals surface area contributed by atoms with Crippen molar-refractivity contribution in [2.75, 3.05) is 22.1 Å². The van der Waals surface area contributed by atoms with Crippen molar-refractivity contribution in [3.05, 3.63) is 89.5 Å². The Morgan fingerprint density at radius 3 is 2.21 bits per heavy atom. The van der Waals surface area contributed by atoms with Crippen LogP contribution in [0.3, 0.4) is 0 Å². The number of benzene rings is 3. The van der Waals surface area contributed by atoms with E-state index in [-0.39, 0.29) is 5.91 Å². The Morgan fingerprint density at radius 1 is 0.941 bits per heavy atom. The Kier molecular flexibility index (Phi) is 8.76.